The smallest absolute Gasteiger partial charge is 0.227 e. The second-order valence-electron chi connectivity index (χ2n) is 8.56. The molecule has 0 unspecified atom stereocenters. The first-order valence-electron chi connectivity index (χ1n) is 11.3. The largest absolute Gasteiger partial charge is 0.496 e. The van der Waals surface area contributed by atoms with Crippen molar-refractivity contribution in [1.29, 1.82) is 0 Å². The van der Waals surface area contributed by atoms with Crippen molar-refractivity contribution in [2.75, 3.05) is 56.2 Å². The van der Waals surface area contributed by atoms with Crippen LogP contribution in [-0.4, -0.2) is 67.2 Å². The van der Waals surface area contributed by atoms with Crippen molar-refractivity contribution >= 4 is 17.7 Å². The van der Waals surface area contributed by atoms with Crippen LogP contribution in [0.2, 0.25) is 0 Å². The van der Waals surface area contributed by atoms with Crippen molar-refractivity contribution < 1.29 is 9.53 Å². The molecule has 0 bridgehead atoms. The number of piperidine rings is 1. The Morgan fingerprint density at radius 3 is 2.35 bits per heavy atom. The maximum atomic E-state index is 12.8. The third-order valence-corrected chi connectivity index (χ3v) is 6.24. The van der Waals surface area contributed by atoms with Crippen molar-refractivity contribution in [3.63, 3.8) is 0 Å². The number of aromatic nitrogens is 2. The summed E-state index contributed by atoms with van der Waals surface area (Å²) in [5.74, 6) is 2.86. The quantitative estimate of drug-likeness (QED) is 0.737. The van der Waals surface area contributed by atoms with Crippen LogP contribution in [0.3, 0.4) is 0 Å². The molecule has 2 aromatic rings. The summed E-state index contributed by atoms with van der Waals surface area (Å²) < 4.78 is 5.32. The van der Waals surface area contributed by atoms with Gasteiger partial charge in [0.05, 0.1) is 13.5 Å². The van der Waals surface area contributed by atoms with Crippen LogP contribution in [0, 0.1) is 13.8 Å². The van der Waals surface area contributed by atoms with Gasteiger partial charge < -0.3 is 19.4 Å². The van der Waals surface area contributed by atoms with Crippen LogP contribution in [0.4, 0.5) is 11.8 Å². The number of anilines is 2. The molecular formula is C24H33N5O2. The van der Waals surface area contributed by atoms with E-state index >= 15 is 0 Å². The van der Waals surface area contributed by atoms with Crippen molar-refractivity contribution in [3.8, 4) is 5.75 Å². The summed E-state index contributed by atoms with van der Waals surface area (Å²) in [4.78, 5) is 28.9. The Bertz CT molecular complexity index is 918. The predicted molar refractivity (Wildman–Crippen MR) is 123 cm³/mol. The highest BCUT2D eigenvalue weighted by Gasteiger charge is 2.23. The Hall–Kier alpha value is -2.83. The van der Waals surface area contributed by atoms with E-state index in [1.165, 1.54) is 19.3 Å². The molecule has 1 aromatic carbocycles. The molecule has 0 N–H and O–H groups in total. The molecule has 3 heterocycles. The number of aryl methyl sites for hydroxylation is 2. The fourth-order valence-electron chi connectivity index (χ4n) is 4.46. The molecular weight excluding hydrogens is 390 g/mol. The van der Waals surface area contributed by atoms with Gasteiger partial charge in [-0.1, -0.05) is 12.1 Å². The van der Waals surface area contributed by atoms with Gasteiger partial charge in [-0.3, -0.25) is 4.79 Å². The monoisotopic (exact) mass is 423 g/mol. The summed E-state index contributed by atoms with van der Waals surface area (Å²) in [7, 11) is 1.67. The zero-order valence-corrected chi connectivity index (χ0v) is 18.9. The van der Waals surface area contributed by atoms with Gasteiger partial charge in [-0.15, -0.1) is 0 Å². The lowest BCUT2D eigenvalue weighted by Gasteiger charge is -2.36. The van der Waals surface area contributed by atoms with E-state index < -0.39 is 0 Å². The van der Waals surface area contributed by atoms with E-state index in [0.717, 1.165) is 73.6 Å². The average Bonchev–Trinajstić information content (AvgIpc) is 2.79. The fraction of sp³-hybridized carbons (Fsp3) is 0.542. The predicted octanol–water partition coefficient (Wildman–Crippen LogP) is 2.98. The van der Waals surface area contributed by atoms with E-state index in [9.17, 15) is 4.79 Å². The van der Waals surface area contributed by atoms with Gasteiger partial charge in [-0.2, -0.15) is 4.98 Å². The van der Waals surface area contributed by atoms with E-state index in [4.69, 9.17) is 9.72 Å². The van der Waals surface area contributed by atoms with Crippen LogP contribution in [0.1, 0.15) is 36.1 Å². The highest BCUT2D eigenvalue weighted by atomic mass is 16.5. The topological polar surface area (TPSA) is 61.8 Å². The van der Waals surface area contributed by atoms with Crippen LogP contribution in [0.15, 0.2) is 24.3 Å². The van der Waals surface area contributed by atoms with Gasteiger partial charge in [-0.05, 0) is 50.3 Å². The Morgan fingerprint density at radius 2 is 1.68 bits per heavy atom. The number of rotatable bonds is 5. The normalized spacial score (nSPS) is 17.1. The maximum Gasteiger partial charge on any atom is 0.227 e. The number of methoxy groups -OCH3 is 1. The number of carbonyl (C=O) groups excluding carboxylic acids is 1. The van der Waals surface area contributed by atoms with E-state index in [1.54, 1.807) is 7.11 Å². The number of ether oxygens (including phenoxy) is 1. The minimum Gasteiger partial charge on any atom is -0.496 e. The van der Waals surface area contributed by atoms with Crippen LogP contribution in [0.5, 0.6) is 5.75 Å². The second-order valence-corrected chi connectivity index (χ2v) is 8.56. The standard InChI is InChI=1S/C24H33N5O2/c1-18-15-20(7-8-21(18)31-3)17-23(30)28-13-11-27(12-14-28)22-16-19(2)25-24(26-22)29-9-5-4-6-10-29/h7-8,15-16H,4-6,9-14,17H2,1-3H3. The number of hydrogen-bond donors (Lipinski definition) is 0. The molecule has 7 nitrogen and oxygen atoms in total. The van der Waals surface area contributed by atoms with Crippen molar-refractivity contribution in [2.24, 2.45) is 0 Å². The summed E-state index contributed by atoms with van der Waals surface area (Å²) in [5.41, 5.74) is 3.09. The third kappa shape index (κ3) is 5.09. The van der Waals surface area contributed by atoms with E-state index in [-0.39, 0.29) is 5.91 Å². The molecule has 7 heteroatoms. The molecule has 2 saturated heterocycles. The third-order valence-electron chi connectivity index (χ3n) is 6.24. The molecule has 2 fully saturated rings. The summed E-state index contributed by atoms with van der Waals surface area (Å²) >= 11 is 0. The first kappa shape index (κ1) is 21.4. The van der Waals surface area contributed by atoms with Gasteiger partial charge in [0.15, 0.2) is 0 Å². The van der Waals surface area contributed by atoms with Gasteiger partial charge in [-0.25, -0.2) is 4.98 Å². The van der Waals surface area contributed by atoms with Gasteiger partial charge in [0.25, 0.3) is 0 Å². The molecule has 4 rings (SSSR count). The Kier molecular flexibility index (Phi) is 6.59. The minimum absolute atomic E-state index is 0.178. The summed E-state index contributed by atoms with van der Waals surface area (Å²) in [6, 6.07) is 8.02. The molecule has 2 aliphatic rings. The van der Waals surface area contributed by atoms with Crippen LogP contribution in [0.25, 0.3) is 0 Å². The summed E-state index contributed by atoms with van der Waals surface area (Å²) in [6.07, 6.45) is 4.14. The van der Waals surface area contributed by atoms with Gasteiger partial charge in [0.2, 0.25) is 11.9 Å². The molecule has 0 saturated carbocycles. The van der Waals surface area contributed by atoms with Gasteiger partial charge in [0.1, 0.15) is 11.6 Å². The zero-order valence-electron chi connectivity index (χ0n) is 18.9. The summed E-state index contributed by atoms with van der Waals surface area (Å²) in [5, 5.41) is 0. The van der Waals surface area contributed by atoms with Crippen molar-refractivity contribution in [2.45, 2.75) is 39.5 Å². The molecule has 0 atom stereocenters. The van der Waals surface area contributed by atoms with Crippen LogP contribution < -0.4 is 14.5 Å². The fourth-order valence-corrected chi connectivity index (χ4v) is 4.46. The van der Waals surface area contributed by atoms with Gasteiger partial charge >= 0.3 is 0 Å². The Labute approximate surface area is 185 Å². The number of hydrogen-bond acceptors (Lipinski definition) is 6. The average molecular weight is 424 g/mol. The number of piperazine rings is 1. The Morgan fingerprint density at radius 1 is 0.935 bits per heavy atom. The molecule has 1 aromatic heterocycles. The number of carbonyl (C=O) groups is 1. The van der Waals surface area contributed by atoms with E-state index in [0.29, 0.717) is 6.42 Å². The van der Waals surface area contributed by atoms with Gasteiger partial charge in [0, 0.05) is 51.0 Å². The molecule has 0 radical (unpaired) electrons. The van der Waals surface area contributed by atoms with Crippen molar-refractivity contribution in [1.82, 2.24) is 14.9 Å². The lowest BCUT2D eigenvalue weighted by atomic mass is 10.1. The first-order valence-corrected chi connectivity index (χ1v) is 11.3. The first-order chi connectivity index (χ1) is 15.0. The molecule has 1 amide bonds. The highest BCUT2D eigenvalue weighted by Crippen LogP contribution is 2.22. The molecule has 31 heavy (non-hydrogen) atoms. The number of nitrogens with zero attached hydrogens (tertiary/aromatic N) is 5. The number of amides is 1. The molecule has 0 spiro atoms. The minimum atomic E-state index is 0.178. The maximum absolute atomic E-state index is 12.8. The highest BCUT2D eigenvalue weighted by molar-refractivity contribution is 5.79. The van der Waals surface area contributed by atoms with E-state index in [1.807, 2.05) is 36.9 Å². The molecule has 166 valence electrons. The van der Waals surface area contributed by atoms with Crippen LogP contribution >= 0.6 is 0 Å². The molecule has 0 aliphatic carbocycles. The molecule has 2 aliphatic heterocycles. The number of benzene rings is 1. The SMILES string of the molecule is COc1ccc(CC(=O)N2CCN(c3cc(C)nc(N4CCCCC4)n3)CC2)cc1C. The van der Waals surface area contributed by atoms with E-state index in [2.05, 4.69) is 20.9 Å². The van der Waals surface area contributed by atoms with Crippen molar-refractivity contribution in [3.05, 3.63) is 41.1 Å². The zero-order chi connectivity index (χ0) is 21.8. The lowest BCUT2D eigenvalue weighted by molar-refractivity contribution is -0.130. The van der Waals surface area contributed by atoms with Crippen LogP contribution in [-0.2, 0) is 11.2 Å². The summed E-state index contributed by atoms with van der Waals surface area (Å²) in [6.45, 7) is 9.15. The second kappa shape index (κ2) is 9.54. The Balaban J connectivity index is 1.36. The lowest BCUT2D eigenvalue weighted by Crippen LogP contribution is -2.49.